The smallest absolute Gasteiger partial charge is 0.305 e. The molecule has 0 amide bonds. The van der Waals surface area contributed by atoms with Crippen LogP contribution in [0.1, 0.15) is 24.3 Å². The van der Waals surface area contributed by atoms with Crippen LogP contribution in [0.15, 0.2) is 18.2 Å². The van der Waals surface area contributed by atoms with Crippen LogP contribution in [0.4, 0.5) is 5.69 Å². The van der Waals surface area contributed by atoms with Crippen molar-refractivity contribution >= 4 is 11.7 Å². The highest BCUT2D eigenvalue weighted by atomic mass is 16.6. The highest BCUT2D eigenvalue weighted by molar-refractivity contribution is 5.67. The van der Waals surface area contributed by atoms with E-state index < -0.39 is 18.2 Å². The number of aliphatic hydroxyl groups is 1. The van der Waals surface area contributed by atoms with Crippen LogP contribution < -0.4 is 9.64 Å². The molecule has 2 N–H and O–H groups in total. The van der Waals surface area contributed by atoms with Crippen molar-refractivity contribution in [2.75, 3.05) is 25.6 Å². The van der Waals surface area contributed by atoms with Gasteiger partial charge in [0.1, 0.15) is 18.0 Å². The van der Waals surface area contributed by atoms with Crippen molar-refractivity contribution in [1.82, 2.24) is 0 Å². The van der Waals surface area contributed by atoms with Gasteiger partial charge in [-0.25, -0.2) is 0 Å². The molecule has 0 aromatic heterocycles. The Balaban J connectivity index is 1.90. The number of carbonyl (C=O) groups is 1. The third-order valence-electron chi connectivity index (χ3n) is 4.40. The molecular formula is C16H21NO5. The maximum Gasteiger partial charge on any atom is 0.305 e. The first-order valence-electron chi connectivity index (χ1n) is 7.45. The quantitative estimate of drug-likeness (QED) is 0.871. The maximum absolute atomic E-state index is 11.0. The summed E-state index contributed by atoms with van der Waals surface area (Å²) in [5.74, 6) is -0.0231. The van der Waals surface area contributed by atoms with Gasteiger partial charge in [-0.2, -0.15) is 0 Å². The number of carboxylic acids is 1. The van der Waals surface area contributed by atoms with Crippen LogP contribution in [0, 0.1) is 0 Å². The molecule has 1 aromatic rings. The molecule has 1 fully saturated rings. The van der Waals surface area contributed by atoms with Gasteiger partial charge in [0.25, 0.3) is 0 Å². The van der Waals surface area contributed by atoms with Crippen LogP contribution in [-0.2, 0) is 9.53 Å². The number of aliphatic carboxylic acids is 1. The third kappa shape index (κ3) is 2.64. The van der Waals surface area contributed by atoms with E-state index in [1.54, 1.807) is 0 Å². The number of benzene rings is 1. The molecule has 22 heavy (non-hydrogen) atoms. The van der Waals surface area contributed by atoms with Gasteiger partial charge in [-0.1, -0.05) is 0 Å². The Kier molecular flexibility index (Phi) is 3.97. The van der Waals surface area contributed by atoms with Gasteiger partial charge in [0.15, 0.2) is 0 Å². The molecule has 0 bridgehead atoms. The lowest BCUT2D eigenvalue weighted by Gasteiger charge is -2.36. The lowest BCUT2D eigenvalue weighted by molar-refractivity contribution is -0.153. The van der Waals surface area contributed by atoms with Gasteiger partial charge >= 0.3 is 5.97 Å². The van der Waals surface area contributed by atoms with E-state index in [0.29, 0.717) is 6.42 Å². The van der Waals surface area contributed by atoms with Crippen LogP contribution in [0.3, 0.4) is 0 Å². The maximum atomic E-state index is 11.0. The summed E-state index contributed by atoms with van der Waals surface area (Å²) in [7, 11) is 3.95. The van der Waals surface area contributed by atoms with Gasteiger partial charge in [-0.3, -0.25) is 4.79 Å². The van der Waals surface area contributed by atoms with E-state index >= 15 is 0 Å². The normalized spacial score (nSPS) is 29.4. The van der Waals surface area contributed by atoms with Crippen molar-refractivity contribution < 1.29 is 24.5 Å². The molecule has 0 saturated carbocycles. The number of ether oxygens (including phenoxy) is 2. The van der Waals surface area contributed by atoms with E-state index in [2.05, 4.69) is 6.07 Å². The average Bonchev–Trinajstić information content (AvgIpc) is 2.83. The second kappa shape index (κ2) is 5.78. The minimum atomic E-state index is -0.888. The molecule has 2 aliphatic rings. The molecule has 0 aliphatic carbocycles. The van der Waals surface area contributed by atoms with Gasteiger partial charge in [0, 0.05) is 31.3 Å². The summed E-state index contributed by atoms with van der Waals surface area (Å²) >= 11 is 0. The van der Waals surface area contributed by atoms with Crippen molar-refractivity contribution in [2.45, 2.75) is 37.1 Å². The number of anilines is 1. The Morgan fingerprint density at radius 3 is 2.82 bits per heavy atom. The summed E-state index contributed by atoms with van der Waals surface area (Å²) in [6, 6.07) is 6.00. The lowest BCUT2D eigenvalue weighted by atomic mass is 9.84. The van der Waals surface area contributed by atoms with Crippen LogP contribution in [0.25, 0.3) is 0 Å². The average molecular weight is 307 g/mol. The fourth-order valence-corrected chi connectivity index (χ4v) is 3.35. The molecule has 4 atom stereocenters. The molecule has 3 rings (SSSR count). The van der Waals surface area contributed by atoms with E-state index in [1.165, 1.54) is 0 Å². The molecule has 0 unspecified atom stereocenters. The van der Waals surface area contributed by atoms with Crippen molar-refractivity contribution in [3.63, 3.8) is 0 Å². The number of aliphatic hydroxyl groups excluding tert-OH is 1. The Bertz CT molecular complexity index is 574. The zero-order valence-corrected chi connectivity index (χ0v) is 12.7. The molecule has 6 nitrogen and oxygen atoms in total. The second-order valence-electron chi connectivity index (χ2n) is 6.12. The number of hydrogen-bond acceptors (Lipinski definition) is 5. The van der Waals surface area contributed by atoms with Gasteiger partial charge in [0.05, 0.1) is 19.1 Å². The highest BCUT2D eigenvalue weighted by Gasteiger charge is 2.46. The van der Waals surface area contributed by atoms with E-state index in [4.69, 9.17) is 14.6 Å². The minimum absolute atomic E-state index is 0.0532. The molecule has 1 saturated heterocycles. The molecule has 1 aromatic carbocycles. The largest absolute Gasteiger partial charge is 0.487 e. The zero-order chi connectivity index (χ0) is 15.9. The van der Waals surface area contributed by atoms with Crippen molar-refractivity contribution in [3.05, 3.63) is 23.8 Å². The van der Waals surface area contributed by atoms with Crippen LogP contribution in [-0.4, -0.2) is 55.2 Å². The second-order valence-corrected chi connectivity index (χ2v) is 6.12. The minimum Gasteiger partial charge on any atom is -0.487 e. The molecule has 2 aliphatic heterocycles. The van der Waals surface area contributed by atoms with Crippen LogP contribution in [0.2, 0.25) is 0 Å². The molecule has 0 spiro atoms. The van der Waals surface area contributed by atoms with Crippen molar-refractivity contribution in [1.29, 1.82) is 0 Å². The fraction of sp³-hybridized carbons (Fsp3) is 0.562. The first kappa shape index (κ1) is 15.1. The first-order valence-corrected chi connectivity index (χ1v) is 7.45. The SMILES string of the molecule is CN(C)c1ccc2c(c1)[C@@H]1C[C@@H](CC(=O)O)O[C@@H](CO)[C@@H]1O2. The number of rotatable bonds is 4. The first-order chi connectivity index (χ1) is 10.5. The predicted molar refractivity (Wildman–Crippen MR) is 80.5 cm³/mol. The van der Waals surface area contributed by atoms with E-state index in [-0.39, 0.29) is 25.0 Å². The van der Waals surface area contributed by atoms with Crippen LogP contribution in [0.5, 0.6) is 5.75 Å². The van der Waals surface area contributed by atoms with Gasteiger partial charge in [0.2, 0.25) is 0 Å². The topological polar surface area (TPSA) is 79.2 Å². The third-order valence-corrected chi connectivity index (χ3v) is 4.40. The summed E-state index contributed by atoms with van der Waals surface area (Å²) in [4.78, 5) is 13.0. The van der Waals surface area contributed by atoms with E-state index in [9.17, 15) is 9.90 Å². The fourth-order valence-electron chi connectivity index (χ4n) is 3.35. The lowest BCUT2D eigenvalue weighted by Crippen LogP contribution is -2.46. The summed E-state index contributed by atoms with van der Waals surface area (Å²) in [5.41, 5.74) is 2.15. The predicted octanol–water partition coefficient (Wildman–Crippen LogP) is 1.22. The Morgan fingerprint density at radius 1 is 1.41 bits per heavy atom. The van der Waals surface area contributed by atoms with Crippen LogP contribution >= 0.6 is 0 Å². The number of fused-ring (bicyclic) bond motifs is 3. The van der Waals surface area contributed by atoms with E-state index in [1.807, 2.05) is 31.1 Å². The molecule has 0 radical (unpaired) electrons. The number of carboxylic acid groups (broad SMARTS) is 1. The van der Waals surface area contributed by atoms with Gasteiger partial charge in [-0.05, 0) is 24.6 Å². The zero-order valence-electron chi connectivity index (χ0n) is 12.7. The number of nitrogens with zero attached hydrogens (tertiary/aromatic N) is 1. The Labute approximate surface area is 129 Å². The standard InChI is InChI=1S/C16H21NO5/c1-17(2)9-3-4-13-11(5-9)12-6-10(7-15(19)20)21-14(8-18)16(12)22-13/h3-5,10,12,14,16,18H,6-8H2,1-2H3,(H,19,20)/t10-,12-,14-,16+/m0/s1. The van der Waals surface area contributed by atoms with Crippen molar-refractivity contribution in [3.8, 4) is 5.75 Å². The summed E-state index contributed by atoms with van der Waals surface area (Å²) in [6.45, 7) is -0.175. The monoisotopic (exact) mass is 307 g/mol. The van der Waals surface area contributed by atoms with E-state index in [0.717, 1.165) is 17.0 Å². The number of hydrogen-bond donors (Lipinski definition) is 2. The Morgan fingerprint density at radius 2 is 2.18 bits per heavy atom. The van der Waals surface area contributed by atoms with Gasteiger partial charge < -0.3 is 24.6 Å². The molecule has 120 valence electrons. The summed E-state index contributed by atoms with van der Waals surface area (Å²) in [6.07, 6.45) is -0.589. The summed E-state index contributed by atoms with van der Waals surface area (Å²) < 4.78 is 11.7. The Hall–Kier alpha value is -1.79. The molecular weight excluding hydrogens is 286 g/mol. The molecule has 2 heterocycles. The van der Waals surface area contributed by atoms with Gasteiger partial charge in [-0.15, -0.1) is 0 Å². The highest BCUT2D eigenvalue weighted by Crippen LogP contribution is 2.47. The van der Waals surface area contributed by atoms with Crippen molar-refractivity contribution in [2.24, 2.45) is 0 Å². The molecule has 6 heteroatoms. The summed E-state index contributed by atoms with van der Waals surface area (Å²) in [5, 5.41) is 18.5.